The van der Waals surface area contributed by atoms with Gasteiger partial charge in [0, 0.05) is 11.0 Å². The van der Waals surface area contributed by atoms with Crippen LogP contribution < -0.4 is 4.74 Å². The molecule has 0 saturated heterocycles. The average Bonchev–Trinajstić information content (AvgIpc) is 2.28. The third-order valence-electron chi connectivity index (χ3n) is 2.46. The Morgan fingerprint density at radius 3 is 2.29 bits per heavy atom. The largest absolute Gasteiger partial charge is 0.496 e. The molecule has 3 heteroatoms. The number of para-hydroxylation sites is 1. The summed E-state index contributed by atoms with van der Waals surface area (Å²) in [5, 5.41) is 18.5. The van der Waals surface area contributed by atoms with Gasteiger partial charge in [-0.05, 0) is 6.07 Å². The Morgan fingerprint density at radius 1 is 1.21 bits per heavy atom. The van der Waals surface area contributed by atoms with Gasteiger partial charge in [-0.3, -0.25) is 0 Å². The van der Waals surface area contributed by atoms with E-state index in [9.17, 15) is 10.2 Å². The Bertz CT molecular complexity index is 292. The second kappa shape index (κ2) is 4.44. The molecule has 0 amide bonds. The Hall–Kier alpha value is -1.06. The van der Waals surface area contributed by atoms with Gasteiger partial charge in [0.15, 0.2) is 0 Å². The monoisotopic (exact) mass is 196 g/mol. The van der Waals surface area contributed by atoms with E-state index in [2.05, 4.69) is 0 Å². The van der Waals surface area contributed by atoms with Gasteiger partial charge in [0.25, 0.3) is 0 Å². The first-order valence-electron chi connectivity index (χ1n) is 4.53. The molecule has 0 aliphatic carbocycles. The van der Waals surface area contributed by atoms with Gasteiger partial charge in [0.1, 0.15) is 5.75 Å². The summed E-state index contributed by atoms with van der Waals surface area (Å²) >= 11 is 0. The van der Waals surface area contributed by atoms with Crippen LogP contribution in [0, 0.1) is 0 Å². The number of benzene rings is 1. The lowest BCUT2D eigenvalue weighted by Crippen LogP contribution is -2.31. The lowest BCUT2D eigenvalue weighted by molar-refractivity contribution is 0.127. The number of methoxy groups -OCH3 is 1. The summed E-state index contributed by atoms with van der Waals surface area (Å²) in [5.74, 6) is 0.693. The zero-order valence-corrected chi connectivity index (χ0v) is 8.53. The van der Waals surface area contributed by atoms with Crippen LogP contribution >= 0.6 is 0 Å². The van der Waals surface area contributed by atoms with E-state index in [1.54, 1.807) is 14.0 Å². The number of ether oxygens (including phenoxy) is 1. The molecule has 0 fully saturated rings. The first kappa shape index (κ1) is 11.0. The van der Waals surface area contributed by atoms with Crippen LogP contribution in [0.1, 0.15) is 12.5 Å². The number of aliphatic hydroxyl groups excluding tert-OH is 2. The van der Waals surface area contributed by atoms with Gasteiger partial charge in [-0.15, -0.1) is 0 Å². The molecule has 14 heavy (non-hydrogen) atoms. The molecule has 0 atom stereocenters. The molecule has 0 unspecified atom stereocenters. The van der Waals surface area contributed by atoms with Crippen molar-refractivity contribution in [3.63, 3.8) is 0 Å². The van der Waals surface area contributed by atoms with Crippen molar-refractivity contribution in [3.05, 3.63) is 29.8 Å². The quantitative estimate of drug-likeness (QED) is 0.753. The molecule has 0 radical (unpaired) electrons. The fraction of sp³-hybridized carbons (Fsp3) is 0.455. The van der Waals surface area contributed by atoms with Crippen LogP contribution in [0.2, 0.25) is 0 Å². The highest BCUT2D eigenvalue weighted by Crippen LogP contribution is 2.30. The summed E-state index contributed by atoms with van der Waals surface area (Å²) in [5.41, 5.74) is 0.180. The summed E-state index contributed by atoms with van der Waals surface area (Å²) in [6.45, 7) is 1.58. The van der Waals surface area contributed by atoms with Gasteiger partial charge < -0.3 is 14.9 Å². The van der Waals surface area contributed by atoms with Crippen LogP contribution in [0.25, 0.3) is 0 Å². The number of hydrogen-bond acceptors (Lipinski definition) is 3. The summed E-state index contributed by atoms with van der Waals surface area (Å²) in [4.78, 5) is 0. The van der Waals surface area contributed by atoms with Crippen LogP contribution in [-0.2, 0) is 5.41 Å². The zero-order valence-electron chi connectivity index (χ0n) is 8.53. The Labute approximate surface area is 84.0 Å². The fourth-order valence-corrected chi connectivity index (χ4v) is 1.36. The molecule has 0 aliphatic heterocycles. The van der Waals surface area contributed by atoms with E-state index < -0.39 is 5.41 Å². The maximum Gasteiger partial charge on any atom is 0.122 e. The minimum atomic E-state index is -0.646. The molecule has 0 saturated carbocycles. The summed E-state index contributed by atoms with van der Waals surface area (Å²) in [6.07, 6.45) is 0. The normalized spacial score (nSPS) is 11.4. The molecule has 0 aromatic heterocycles. The molecule has 3 nitrogen and oxygen atoms in total. The molecule has 0 bridgehead atoms. The smallest absolute Gasteiger partial charge is 0.122 e. The van der Waals surface area contributed by atoms with Crippen LogP contribution in [0.5, 0.6) is 5.75 Å². The Morgan fingerprint density at radius 2 is 1.79 bits per heavy atom. The molecular weight excluding hydrogens is 180 g/mol. The number of rotatable bonds is 4. The van der Waals surface area contributed by atoms with E-state index in [-0.39, 0.29) is 13.2 Å². The predicted molar refractivity (Wildman–Crippen MR) is 54.5 cm³/mol. The molecule has 1 aromatic rings. The second-order valence-corrected chi connectivity index (χ2v) is 3.58. The van der Waals surface area contributed by atoms with Crippen molar-refractivity contribution in [1.29, 1.82) is 0 Å². The summed E-state index contributed by atoms with van der Waals surface area (Å²) in [6, 6.07) is 7.39. The molecular formula is C11H16O3. The van der Waals surface area contributed by atoms with Crippen molar-refractivity contribution in [1.82, 2.24) is 0 Å². The van der Waals surface area contributed by atoms with E-state index in [4.69, 9.17) is 4.74 Å². The van der Waals surface area contributed by atoms with Gasteiger partial charge >= 0.3 is 0 Å². The molecule has 0 spiro atoms. The van der Waals surface area contributed by atoms with Gasteiger partial charge in [-0.25, -0.2) is 0 Å². The van der Waals surface area contributed by atoms with Crippen molar-refractivity contribution in [2.75, 3.05) is 20.3 Å². The highest BCUT2D eigenvalue weighted by molar-refractivity contribution is 5.39. The molecule has 1 rings (SSSR count). The van der Waals surface area contributed by atoms with Crippen molar-refractivity contribution >= 4 is 0 Å². The standard InChI is InChI=1S/C11H16O3/c1-11(7-12,8-13)9-5-3-4-6-10(9)14-2/h3-6,12-13H,7-8H2,1-2H3. The minimum Gasteiger partial charge on any atom is -0.496 e. The maximum atomic E-state index is 9.24. The van der Waals surface area contributed by atoms with Crippen LogP contribution in [0.4, 0.5) is 0 Å². The van der Waals surface area contributed by atoms with Gasteiger partial charge in [-0.2, -0.15) is 0 Å². The van der Waals surface area contributed by atoms with E-state index in [1.807, 2.05) is 24.3 Å². The Kier molecular flexibility index (Phi) is 3.49. The highest BCUT2D eigenvalue weighted by atomic mass is 16.5. The van der Waals surface area contributed by atoms with E-state index >= 15 is 0 Å². The van der Waals surface area contributed by atoms with Crippen molar-refractivity contribution in [2.45, 2.75) is 12.3 Å². The molecule has 0 heterocycles. The van der Waals surface area contributed by atoms with Crippen LogP contribution in [-0.4, -0.2) is 30.5 Å². The maximum absolute atomic E-state index is 9.24. The predicted octanol–water partition coefficient (Wildman–Crippen LogP) is 0.937. The number of hydrogen-bond donors (Lipinski definition) is 2. The third kappa shape index (κ3) is 1.89. The average molecular weight is 196 g/mol. The Balaban J connectivity index is 3.15. The molecule has 2 N–H and O–H groups in total. The third-order valence-corrected chi connectivity index (χ3v) is 2.46. The van der Waals surface area contributed by atoms with Gasteiger partial charge in [-0.1, -0.05) is 25.1 Å². The van der Waals surface area contributed by atoms with Crippen molar-refractivity contribution in [2.24, 2.45) is 0 Å². The zero-order chi connectivity index (χ0) is 10.6. The first-order valence-corrected chi connectivity index (χ1v) is 4.53. The van der Waals surface area contributed by atoms with Crippen molar-refractivity contribution in [3.8, 4) is 5.75 Å². The van der Waals surface area contributed by atoms with E-state index in [0.29, 0.717) is 5.75 Å². The number of aliphatic hydroxyl groups is 2. The minimum absolute atomic E-state index is 0.107. The van der Waals surface area contributed by atoms with Gasteiger partial charge in [0.2, 0.25) is 0 Å². The lowest BCUT2D eigenvalue weighted by Gasteiger charge is -2.26. The molecule has 1 aromatic carbocycles. The van der Waals surface area contributed by atoms with Crippen molar-refractivity contribution < 1.29 is 14.9 Å². The van der Waals surface area contributed by atoms with Gasteiger partial charge in [0.05, 0.1) is 20.3 Å². The summed E-state index contributed by atoms with van der Waals surface area (Å²) < 4.78 is 5.17. The molecule has 78 valence electrons. The van der Waals surface area contributed by atoms with E-state index in [0.717, 1.165) is 5.56 Å². The second-order valence-electron chi connectivity index (χ2n) is 3.58. The lowest BCUT2D eigenvalue weighted by atomic mass is 9.83. The fourth-order valence-electron chi connectivity index (χ4n) is 1.36. The van der Waals surface area contributed by atoms with Crippen LogP contribution in [0.15, 0.2) is 24.3 Å². The highest BCUT2D eigenvalue weighted by Gasteiger charge is 2.27. The summed E-state index contributed by atoms with van der Waals surface area (Å²) in [7, 11) is 1.58. The molecule has 0 aliphatic rings. The SMILES string of the molecule is COc1ccccc1C(C)(CO)CO. The first-order chi connectivity index (χ1) is 6.68. The topological polar surface area (TPSA) is 49.7 Å². The van der Waals surface area contributed by atoms with Crippen LogP contribution in [0.3, 0.4) is 0 Å². The van der Waals surface area contributed by atoms with E-state index in [1.165, 1.54) is 0 Å².